The van der Waals surface area contributed by atoms with Crippen molar-refractivity contribution in [1.29, 1.82) is 0 Å². The van der Waals surface area contributed by atoms with E-state index in [1.165, 1.54) is 11.1 Å². The number of carbonyl (C=O) groups excluding carboxylic acids is 1. The van der Waals surface area contributed by atoms with Crippen LogP contribution in [0.1, 0.15) is 51.2 Å². The predicted octanol–water partition coefficient (Wildman–Crippen LogP) is 5.21. The van der Waals surface area contributed by atoms with Gasteiger partial charge in [0, 0.05) is 18.0 Å². The third kappa shape index (κ3) is 4.19. The zero-order valence-electron chi connectivity index (χ0n) is 13.4. The number of anilines is 1. The maximum Gasteiger partial charge on any atom is 0.225 e. The van der Waals surface area contributed by atoms with Crippen LogP contribution >= 0.6 is 0 Å². The van der Waals surface area contributed by atoms with E-state index in [0.717, 1.165) is 5.69 Å². The summed E-state index contributed by atoms with van der Waals surface area (Å²) in [6, 6.07) is 18.2. The van der Waals surface area contributed by atoms with Crippen molar-refractivity contribution in [2.45, 2.75) is 40.0 Å². The van der Waals surface area contributed by atoms with Gasteiger partial charge in [0.2, 0.25) is 5.91 Å². The second kappa shape index (κ2) is 8.96. The highest BCUT2D eigenvalue weighted by Crippen LogP contribution is 2.36. The molecular weight excluding hydrogens is 258 g/mol. The lowest BCUT2D eigenvalue weighted by Gasteiger charge is -2.25. The van der Waals surface area contributed by atoms with Gasteiger partial charge >= 0.3 is 0 Å². The molecule has 0 aliphatic carbocycles. The average Bonchev–Trinajstić information content (AvgIpc) is 2.58. The van der Waals surface area contributed by atoms with Crippen molar-refractivity contribution in [3.8, 4) is 0 Å². The molecule has 1 aliphatic heterocycles. The summed E-state index contributed by atoms with van der Waals surface area (Å²) in [5.74, 6) is 0.277. The molecule has 0 aromatic heterocycles. The molecule has 21 heavy (non-hydrogen) atoms. The van der Waals surface area contributed by atoms with Gasteiger partial charge in [-0.25, -0.2) is 0 Å². The number of fused-ring (bicyclic) bond motifs is 1. The van der Waals surface area contributed by atoms with Crippen LogP contribution in [0.2, 0.25) is 0 Å². The number of carbonyl (C=O) groups is 1. The van der Waals surface area contributed by atoms with Gasteiger partial charge in [-0.1, -0.05) is 76.2 Å². The van der Waals surface area contributed by atoms with Crippen molar-refractivity contribution in [2.24, 2.45) is 0 Å². The third-order valence-electron chi connectivity index (χ3n) is 3.20. The number of hydrogen-bond acceptors (Lipinski definition) is 1. The van der Waals surface area contributed by atoms with E-state index in [1.807, 2.05) is 64.1 Å². The second-order valence-electron chi connectivity index (χ2n) is 4.30. The number of nitrogens with one attached hydrogen (secondary N) is 1. The number of hydrogen-bond donors (Lipinski definition) is 1. The molecule has 1 heterocycles. The van der Waals surface area contributed by atoms with Crippen LogP contribution in [0.4, 0.5) is 5.69 Å². The Labute approximate surface area is 128 Å². The first-order valence-electron chi connectivity index (χ1n) is 7.78. The molecule has 2 aromatic carbocycles. The van der Waals surface area contributed by atoms with Crippen LogP contribution in [-0.2, 0) is 4.79 Å². The summed E-state index contributed by atoms with van der Waals surface area (Å²) in [6.07, 6.45) is 0.529. The third-order valence-corrected chi connectivity index (χ3v) is 3.20. The van der Waals surface area contributed by atoms with E-state index >= 15 is 0 Å². The van der Waals surface area contributed by atoms with Gasteiger partial charge < -0.3 is 5.32 Å². The highest BCUT2D eigenvalue weighted by atomic mass is 16.1. The number of amides is 1. The van der Waals surface area contributed by atoms with Crippen LogP contribution in [0.5, 0.6) is 0 Å². The molecule has 3 rings (SSSR count). The molecular formula is C19H25NO. The summed E-state index contributed by atoms with van der Waals surface area (Å²) >= 11 is 0. The van der Waals surface area contributed by atoms with Gasteiger partial charge in [0.15, 0.2) is 0 Å². The lowest BCUT2D eigenvalue weighted by Crippen LogP contribution is -2.23. The van der Waals surface area contributed by atoms with Crippen molar-refractivity contribution in [1.82, 2.24) is 0 Å². The average molecular weight is 283 g/mol. The summed E-state index contributed by atoms with van der Waals surface area (Å²) in [7, 11) is 0. The maximum atomic E-state index is 11.7. The van der Waals surface area contributed by atoms with Crippen LogP contribution in [-0.4, -0.2) is 5.91 Å². The fourth-order valence-electron chi connectivity index (χ4n) is 2.39. The van der Waals surface area contributed by atoms with Gasteiger partial charge in [0.05, 0.1) is 0 Å². The van der Waals surface area contributed by atoms with E-state index in [-0.39, 0.29) is 11.8 Å². The standard InChI is InChI=1S/C15H13NO.2C2H6/c17-15-10-13(11-6-2-1-3-7-11)12-8-4-5-9-14(12)16-15;2*1-2/h1-9,13H,10H2,(H,16,17);2*1-2H3. The molecule has 0 saturated carbocycles. The fraction of sp³-hybridized carbons (Fsp3) is 0.316. The van der Waals surface area contributed by atoms with Crippen molar-refractivity contribution in [3.63, 3.8) is 0 Å². The zero-order chi connectivity index (χ0) is 15.7. The Hall–Kier alpha value is -2.09. The Morgan fingerprint density at radius 3 is 2.10 bits per heavy atom. The number of rotatable bonds is 1. The smallest absolute Gasteiger partial charge is 0.225 e. The topological polar surface area (TPSA) is 29.1 Å². The highest BCUT2D eigenvalue weighted by Gasteiger charge is 2.25. The molecule has 2 heteroatoms. The second-order valence-corrected chi connectivity index (χ2v) is 4.30. The molecule has 0 saturated heterocycles. The van der Waals surface area contributed by atoms with Crippen LogP contribution in [0, 0.1) is 0 Å². The Kier molecular flexibility index (Phi) is 7.24. The van der Waals surface area contributed by atoms with Crippen LogP contribution < -0.4 is 5.32 Å². The van der Waals surface area contributed by atoms with E-state index in [9.17, 15) is 4.79 Å². The fourth-order valence-corrected chi connectivity index (χ4v) is 2.39. The van der Waals surface area contributed by atoms with Crippen LogP contribution in [0.3, 0.4) is 0 Å². The molecule has 2 aromatic rings. The highest BCUT2D eigenvalue weighted by molar-refractivity contribution is 5.95. The molecule has 112 valence electrons. The lowest BCUT2D eigenvalue weighted by atomic mass is 9.85. The Morgan fingerprint density at radius 2 is 1.43 bits per heavy atom. The SMILES string of the molecule is CC.CC.O=C1CC(c2ccccc2)c2ccccc2N1. The van der Waals surface area contributed by atoms with Crippen LogP contribution in [0.15, 0.2) is 54.6 Å². The van der Waals surface area contributed by atoms with Crippen molar-refractivity contribution >= 4 is 11.6 Å². The van der Waals surface area contributed by atoms with Crippen molar-refractivity contribution in [3.05, 3.63) is 65.7 Å². The van der Waals surface area contributed by atoms with E-state index < -0.39 is 0 Å². The lowest BCUT2D eigenvalue weighted by molar-refractivity contribution is -0.116. The molecule has 1 unspecified atom stereocenters. The number of para-hydroxylation sites is 1. The van der Waals surface area contributed by atoms with E-state index in [0.29, 0.717) is 6.42 Å². The van der Waals surface area contributed by atoms with Crippen molar-refractivity contribution in [2.75, 3.05) is 5.32 Å². The zero-order valence-corrected chi connectivity index (χ0v) is 13.4. The Bertz CT molecular complexity index is 549. The van der Waals surface area contributed by atoms with Gasteiger partial charge in [-0.15, -0.1) is 0 Å². The molecule has 0 bridgehead atoms. The maximum absolute atomic E-state index is 11.7. The molecule has 2 nitrogen and oxygen atoms in total. The summed E-state index contributed by atoms with van der Waals surface area (Å²) in [5, 5.41) is 2.92. The summed E-state index contributed by atoms with van der Waals surface area (Å²) in [4.78, 5) is 11.7. The first-order valence-corrected chi connectivity index (χ1v) is 7.78. The van der Waals surface area contributed by atoms with Crippen molar-refractivity contribution < 1.29 is 4.79 Å². The molecule has 1 atom stereocenters. The first-order chi connectivity index (χ1) is 10.3. The van der Waals surface area contributed by atoms with Crippen LogP contribution in [0.25, 0.3) is 0 Å². The summed E-state index contributed by atoms with van der Waals surface area (Å²) in [6.45, 7) is 8.00. The minimum Gasteiger partial charge on any atom is -0.326 e. The summed E-state index contributed by atoms with van der Waals surface area (Å²) < 4.78 is 0. The minimum absolute atomic E-state index is 0.0950. The molecule has 0 radical (unpaired) electrons. The normalized spacial score (nSPS) is 15.4. The van der Waals surface area contributed by atoms with Gasteiger partial charge in [-0.2, -0.15) is 0 Å². The molecule has 1 N–H and O–H groups in total. The Balaban J connectivity index is 0.000000510. The van der Waals surface area contributed by atoms with E-state index in [2.05, 4.69) is 23.5 Å². The number of benzene rings is 2. The largest absolute Gasteiger partial charge is 0.326 e. The molecule has 0 fully saturated rings. The summed E-state index contributed by atoms with van der Waals surface area (Å²) in [5.41, 5.74) is 3.35. The molecule has 1 amide bonds. The van der Waals surface area contributed by atoms with Gasteiger partial charge in [-0.3, -0.25) is 4.79 Å². The first kappa shape index (κ1) is 17.0. The quantitative estimate of drug-likeness (QED) is 0.764. The Morgan fingerprint density at radius 1 is 0.857 bits per heavy atom. The predicted molar refractivity (Wildman–Crippen MR) is 90.7 cm³/mol. The molecule has 1 aliphatic rings. The minimum atomic E-state index is 0.0950. The van der Waals surface area contributed by atoms with Gasteiger partial charge in [-0.05, 0) is 17.2 Å². The monoisotopic (exact) mass is 283 g/mol. The molecule has 0 spiro atoms. The van der Waals surface area contributed by atoms with Gasteiger partial charge in [0.1, 0.15) is 0 Å². The van der Waals surface area contributed by atoms with E-state index in [1.54, 1.807) is 0 Å². The van der Waals surface area contributed by atoms with Gasteiger partial charge in [0.25, 0.3) is 0 Å². The van der Waals surface area contributed by atoms with E-state index in [4.69, 9.17) is 0 Å².